The highest BCUT2D eigenvalue weighted by Crippen LogP contribution is 2.37. The summed E-state index contributed by atoms with van der Waals surface area (Å²) in [5.41, 5.74) is 1.81. The second-order valence-corrected chi connectivity index (χ2v) is 11.2. The zero-order valence-corrected chi connectivity index (χ0v) is 19.3. The van der Waals surface area contributed by atoms with Gasteiger partial charge in [-0.05, 0) is 35.8 Å². The van der Waals surface area contributed by atoms with Crippen LogP contribution in [0.5, 0.6) is 11.5 Å². The number of methoxy groups -OCH3 is 1. The number of hydrogen-bond donors (Lipinski definition) is 0. The van der Waals surface area contributed by atoms with E-state index in [4.69, 9.17) is 21.7 Å². The summed E-state index contributed by atoms with van der Waals surface area (Å²) in [7, 11) is -1.54. The number of carbonyl (C=O) groups excluding carboxylic acids is 1. The van der Waals surface area contributed by atoms with Crippen molar-refractivity contribution < 1.29 is 22.7 Å². The van der Waals surface area contributed by atoms with Crippen LogP contribution in [-0.4, -0.2) is 48.2 Å². The molecule has 0 bridgehead atoms. The van der Waals surface area contributed by atoms with Gasteiger partial charge in [-0.3, -0.25) is 9.69 Å². The maximum Gasteiger partial charge on any atom is 0.266 e. The molecule has 0 aromatic heterocycles. The number of thioether (sulfide) groups is 1. The predicted octanol–water partition coefficient (Wildman–Crippen LogP) is 3.66. The molecule has 0 radical (unpaired) electrons. The molecule has 2 saturated heterocycles. The zero-order chi connectivity index (χ0) is 22.0. The molecule has 2 fully saturated rings. The number of carbonyl (C=O) groups is 1. The summed E-state index contributed by atoms with van der Waals surface area (Å²) in [4.78, 5) is 14.8. The monoisotopic (exact) mass is 475 g/mol. The molecular weight excluding hydrogens is 454 g/mol. The van der Waals surface area contributed by atoms with Crippen molar-refractivity contribution in [1.82, 2.24) is 4.90 Å². The Morgan fingerprint density at radius 3 is 2.65 bits per heavy atom. The molecule has 0 N–H and O–H groups in total. The zero-order valence-electron chi connectivity index (χ0n) is 16.8. The molecule has 2 aliphatic heterocycles. The van der Waals surface area contributed by atoms with Crippen LogP contribution in [0.25, 0.3) is 6.08 Å². The average molecular weight is 476 g/mol. The van der Waals surface area contributed by atoms with Gasteiger partial charge in [-0.1, -0.05) is 60.4 Å². The van der Waals surface area contributed by atoms with Crippen LogP contribution in [0.15, 0.2) is 53.4 Å². The summed E-state index contributed by atoms with van der Waals surface area (Å²) in [6.07, 6.45) is 2.16. The minimum absolute atomic E-state index is 0.0337. The number of rotatable bonds is 6. The van der Waals surface area contributed by atoms with Gasteiger partial charge in [-0.15, -0.1) is 0 Å². The average Bonchev–Trinajstić information content (AvgIpc) is 3.25. The maximum absolute atomic E-state index is 12.9. The third-order valence-electron chi connectivity index (χ3n) is 5.12. The molecule has 0 aliphatic carbocycles. The highest BCUT2D eigenvalue weighted by molar-refractivity contribution is 8.26. The third-order valence-corrected chi connectivity index (χ3v) is 8.20. The van der Waals surface area contributed by atoms with Crippen LogP contribution in [0.2, 0.25) is 0 Å². The van der Waals surface area contributed by atoms with Crippen LogP contribution >= 0.6 is 24.0 Å². The Morgan fingerprint density at radius 1 is 1.19 bits per heavy atom. The predicted molar refractivity (Wildman–Crippen MR) is 126 cm³/mol. The van der Waals surface area contributed by atoms with E-state index in [1.807, 2.05) is 36.4 Å². The van der Waals surface area contributed by atoms with Gasteiger partial charge in [0.05, 0.1) is 29.6 Å². The first kappa shape index (κ1) is 21.9. The van der Waals surface area contributed by atoms with Gasteiger partial charge in [-0.2, -0.15) is 0 Å². The standard InChI is InChI=1S/C22H21NO5S3/c1-27-19-11-16(7-8-18(19)28-13-15-5-3-2-4-6-15)12-20-21(24)23(22(29)30-20)17-9-10-31(25,26)14-17/h2-8,11-12,17H,9-10,13-14H2,1H3. The molecule has 2 aromatic rings. The van der Waals surface area contributed by atoms with Gasteiger partial charge in [0.15, 0.2) is 21.3 Å². The first-order valence-electron chi connectivity index (χ1n) is 9.68. The fourth-order valence-corrected chi connectivity index (χ4v) is 6.65. The lowest BCUT2D eigenvalue weighted by molar-refractivity contribution is -0.123. The second kappa shape index (κ2) is 9.02. The Balaban J connectivity index is 1.50. The van der Waals surface area contributed by atoms with Crippen molar-refractivity contribution in [3.8, 4) is 11.5 Å². The molecule has 2 heterocycles. The highest BCUT2D eigenvalue weighted by Gasteiger charge is 2.42. The smallest absolute Gasteiger partial charge is 0.266 e. The van der Waals surface area contributed by atoms with E-state index in [0.29, 0.717) is 33.8 Å². The van der Waals surface area contributed by atoms with Crippen molar-refractivity contribution in [2.75, 3.05) is 18.6 Å². The molecule has 9 heteroatoms. The van der Waals surface area contributed by atoms with Crippen LogP contribution < -0.4 is 9.47 Å². The van der Waals surface area contributed by atoms with Crippen molar-refractivity contribution in [3.63, 3.8) is 0 Å². The number of amides is 1. The molecule has 2 aromatic carbocycles. The Labute approximate surface area is 191 Å². The van der Waals surface area contributed by atoms with Gasteiger partial charge < -0.3 is 9.47 Å². The maximum atomic E-state index is 12.9. The molecule has 31 heavy (non-hydrogen) atoms. The molecule has 6 nitrogen and oxygen atoms in total. The molecule has 0 saturated carbocycles. The van der Waals surface area contributed by atoms with Crippen LogP contribution in [0.3, 0.4) is 0 Å². The van der Waals surface area contributed by atoms with E-state index in [-0.39, 0.29) is 23.5 Å². The first-order chi connectivity index (χ1) is 14.9. The van der Waals surface area contributed by atoms with Gasteiger partial charge in [0, 0.05) is 0 Å². The van der Waals surface area contributed by atoms with E-state index in [9.17, 15) is 13.2 Å². The Morgan fingerprint density at radius 2 is 1.97 bits per heavy atom. The van der Waals surface area contributed by atoms with Crippen molar-refractivity contribution >= 4 is 50.1 Å². The minimum Gasteiger partial charge on any atom is -0.493 e. The minimum atomic E-state index is -3.11. The van der Waals surface area contributed by atoms with Crippen LogP contribution in [0.4, 0.5) is 0 Å². The van der Waals surface area contributed by atoms with Crippen LogP contribution in [0.1, 0.15) is 17.5 Å². The summed E-state index contributed by atoms with van der Waals surface area (Å²) in [5.74, 6) is 0.971. The molecular formula is C22H21NO5S3. The van der Waals surface area contributed by atoms with Crippen LogP contribution in [-0.2, 0) is 21.2 Å². The van der Waals surface area contributed by atoms with Gasteiger partial charge in [0.25, 0.3) is 5.91 Å². The summed E-state index contributed by atoms with van der Waals surface area (Å²) < 4.78 is 35.3. The van der Waals surface area contributed by atoms with Crippen molar-refractivity contribution in [2.45, 2.75) is 19.1 Å². The number of hydrogen-bond acceptors (Lipinski definition) is 7. The third kappa shape index (κ3) is 4.94. The molecule has 4 rings (SSSR count). The van der Waals surface area contributed by atoms with Gasteiger partial charge in [0.1, 0.15) is 10.9 Å². The molecule has 1 unspecified atom stereocenters. The number of thiocarbonyl (C=S) groups is 1. The lowest BCUT2D eigenvalue weighted by Crippen LogP contribution is -2.39. The summed E-state index contributed by atoms with van der Waals surface area (Å²) in [5, 5.41) is 0. The number of benzene rings is 2. The molecule has 1 atom stereocenters. The molecule has 2 aliphatic rings. The lowest BCUT2D eigenvalue weighted by atomic mass is 10.1. The topological polar surface area (TPSA) is 72.9 Å². The van der Waals surface area contributed by atoms with Gasteiger partial charge >= 0.3 is 0 Å². The normalized spacial score (nSPS) is 21.6. The van der Waals surface area contributed by atoms with Crippen molar-refractivity contribution in [3.05, 3.63) is 64.6 Å². The van der Waals surface area contributed by atoms with Crippen molar-refractivity contribution in [1.29, 1.82) is 0 Å². The Bertz CT molecular complexity index is 1140. The van der Waals surface area contributed by atoms with E-state index in [2.05, 4.69) is 0 Å². The Kier molecular flexibility index (Phi) is 6.36. The van der Waals surface area contributed by atoms with E-state index >= 15 is 0 Å². The summed E-state index contributed by atoms with van der Waals surface area (Å²) >= 11 is 6.55. The number of nitrogens with zero attached hydrogens (tertiary/aromatic N) is 1. The van der Waals surface area contributed by atoms with Gasteiger partial charge in [0.2, 0.25) is 0 Å². The molecule has 162 valence electrons. The molecule has 0 spiro atoms. The fourth-order valence-electron chi connectivity index (χ4n) is 3.55. The van der Waals surface area contributed by atoms with Crippen LogP contribution in [0, 0.1) is 0 Å². The SMILES string of the molecule is COc1cc(C=C2SC(=S)N(C3CCS(=O)(=O)C3)C2=O)ccc1OCc1ccccc1. The molecule has 1 amide bonds. The lowest BCUT2D eigenvalue weighted by Gasteiger charge is -2.20. The van der Waals surface area contributed by atoms with Crippen molar-refractivity contribution in [2.24, 2.45) is 0 Å². The van der Waals surface area contributed by atoms with Gasteiger partial charge in [-0.25, -0.2) is 8.42 Å². The van der Waals surface area contributed by atoms with E-state index in [0.717, 1.165) is 11.1 Å². The quantitative estimate of drug-likeness (QED) is 0.466. The summed E-state index contributed by atoms with van der Waals surface area (Å²) in [6, 6.07) is 14.9. The van der Waals surface area contributed by atoms with E-state index in [1.54, 1.807) is 25.3 Å². The number of sulfone groups is 1. The largest absolute Gasteiger partial charge is 0.493 e. The highest BCUT2D eigenvalue weighted by atomic mass is 32.2. The number of ether oxygens (including phenoxy) is 2. The second-order valence-electron chi connectivity index (χ2n) is 7.29. The van der Waals surface area contributed by atoms with E-state index < -0.39 is 9.84 Å². The fraction of sp³-hybridized carbons (Fsp3) is 0.273. The summed E-state index contributed by atoms with van der Waals surface area (Å²) in [6.45, 7) is 0.416. The first-order valence-corrected chi connectivity index (χ1v) is 12.7. The Hall–Kier alpha value is -2.36. The van der Waals surface area contributed by atoms with E-state index in [1.165, 1.54) is 16.7 Å².